The molecule has 2 heterocycles. The first-order chi connectivity index (χ1) is 13.1. The SMILES string of the molecule is Cc1ccccc1-n1c(SC[C@@H]2CCCCO2)nc2cc(Cl)ccc2c1=O. The van der Waals surface area contributed by atoms with E-state index in [4.69, 9.17) is 21.3 Å². The molecule has 4 rings (SSSR count). The summed E-state index contributed by atoms with van der Waals surface area (Å²) < 4.78 is 7.57. The Morgan fingerprint density at radius 1 is 1.26 bits per heavy atom. The Bertz CT molecular complexity index is 1030. The molecule has 2 aromatic carbocycles. The highest BCUT2D eigenvalue weighted by Gasteiger charge is 2.19. The molecule has 1 aliphatic heterocycles. The zero-order valence-corrected chi connectivity index (χ0v) is 16.7. The molecule has 0 bridgehead atoms. The smallest absolute Gasteiger partial charge is 0.266 e. The molecule has 3 aromatic rings. The van der Waals surface area contributed by atoms with Crippen LogP contribution in [0, 0.1) is 6.92 Å². The lowest BCUT2D eigenvalue weighted by molar-refractivity contribution is 0.0315. The first kappa shape index (κ1) is 18.5. The van der Waals surface area contributed by atoms with Crippen molar-refractivity contribution >= 4 is 34.3 Å². The summed E-state index contributed by atoms with van der Waals surface area (Å²) in [4.78, 5) is 18.1. The van der Waals surface area contributed by atoms with Crippen LogP contribution in [-0.4, -0.2) is 28.0 Å². The van der Waals surface area contributed by atoms with Gasteiger partial charge >= 0.3 is 0 Å². The maximum atomic E-state index is 13.3. The van der Waals surface area contributed by atoms with E-state index in [1.54, 1.807) is 34.5 Å². The number of nitrogens with zero attached hydrogens (tertiary/aromatic N) is 2. The molecule has 1 aliphatic rings. The van der Waals surface area contributed by atoms with Gasteiger partial charge in [-0.05, 0) is 56.0 Å². The van der Waals surface area contributed by atoms with E-state index in [1.807, 2.05) is 31.2 Å². The number of rotatable bonds is 4. The Morgan fingerprint density at radius 2 is 2.11 bits per heavy atom. The predicted octanol–water partition coefficient (Wildman–Crippen LogP) is 5.01. The first-order valence-electron chi connectivity index (χ1n) is 9.16. The number of benzene rings is 2. The maximum Gasteiger partial charge on any atom is 0.266 e. The van der Waals surface area contributed by atoms with Gasteiger partial charge in [0.1, 0.15) is 0 Å². The monoisotopic (exact) mass is 400 g/mol. The second kappa shape index (κ2) is 8.05. The Hall–Kier alpha value is -1.82. The predicted molar refractivity (Wildman–Crippen MR) is 111 cm³/mol. The number of thioether (sulfide) groups is 1. The molecule has 0 aliphatic carbocycles. The van der Waals surface area contributed by atoms with E-state index in [2.05, 4.69) is 0 Å². The largest absolute Gasteiger partial charge is 0.377 e. The molecule has 6 heteroatoms. The van der Waals surface area contributed by atoms with Gasteiger partial charge in [0.25, 0.3) is 5.56 Å². The van der Waals surface area contributed by atoms with Crippen molar-refractivity contribution < 1.29 is 4.74 Å². The van der Waals surface area contributed by atoms with Gasteiger partial charge in [-0.2, -0.15) is 0 Å². The zero-order valence-electron chi connectivity index (χ0n) is 15.2. The fourth-order valence-corrected chi connectivity index (χ4v) is 4.61. The lowest BCUT2D eigenvalue weighted by Crippen LogP contribution is -2.25. The summed E-state index contributed by atoms with van der Waals surface area (Å²) >= 11 is 7.70. The quantitative estimate of drug-likeness (QED) is 0.456. The molecule has 4 nitrogen and oxygen atoms in total. The molecule has 1 atom stereocenters. The Labute approximate surface area is 167 Å². The molecule has 1 saturated heterocycles. The molecule has 1 fully saturated rings. The first-order valence-corrected chi connectivity index (χ1v) is 10.5. The molecule has 0 amide bonds. The van der Waals surface area contributed by atoms with Gasteiger partial charge < -0.3 is 4.74 Å². The summed E-state index contributed by atoms with van der Waals surface area (Å²) in [6.45, 7) is 2.82. The van der Waals surface area contributed by atoms with Crippen LogP contribution >= 0.6 is 23.4 Å². The molecular weight excluding hydrogens is 380 g/mol. The van der Waals surface area contributed by atoms with Crippen LogP contribution in [0.2, 0.25) is 5.02 Å². The van der Waals surface area contributed by atoms with Crippen LogP contribution in [0.15, 0.2) is 52.4 Å². The van der Waals surface area contributed by atoms with E-state index in [0.29, 0.717) is 21.1 Å². The summed E-state index contributed by atoms with van der Waals surface area (Å²) in [5.74, 6) is 0.782. The van der Waals surface area contributed by atoms with Crippen molar-refractivity contribution in [2.24, 2.45) is 0 Å². The molecule has 0 N–H and O–H groups in total. The average Bonchev–Trinajstić information content (AvgIpc) is 2.68. The number of aromatic nitrogens is 2. The van der Waals surface area contributed by atoms with Crippen molar-refractivity contribution in [2.75, 3.05) is 12.4 Å². The lowest BCUT2D eigenvalue weighted by atomic mass is 10.1. The second-order valence-corrected chi connectivity index (χ2v) is 8.21. The average molecular weight is 401 g/mol. The molecular formula is C21H21ClN2O2S. The van der Waals surface area contributed by atoms with E-state index < -0.39 is 0 Å². The zero-order chi connectivity index (χ0) is 18.8. The molecule has 0 spiro atoms. The number of fused-ring (bicyclic) bond motifs is 1. The third kappa shape index (κ3) is 3.91. The van der Waals surface area contributed by atoms with E-state index >= 15 is 0 Å². The molecule has 0 radical (unpaired) electrons. The van der Waals surface area contributed by atoms with Crippen molar-refractivity contribution in [1.82, 2.24) is 9.55 Å². The number of aryl methyl sites for hydroxylation is 1. The van der Waals surface area contributed by atoms with Gasteiger partial charge in [-0.1, -0.05) is 41.6 Å². The van der Waals surface area contributed by atoms with Crippen molar-refractivity contribution in [3.05, 3.63) is 63.4 Å². The van der Waals surface area contributed by atoms with Crippen LogP contribution in [0.4, 0.5) is 0 Å². The number of hydrogen-bond donors (Lipinski definition) is 0. The molecule has 0 unspecified atom stereocenters. The van der Waals surface area contributed by atoms with Crippen molar-refractivity contribution in [2.45, 2.75) is 37.4 Å². The van der Waals surface area contributed by atoms with E-state index in [0.717, 1.165) is 36.5 Å². The molecule has 0 saturated carbocycles. The van der Waals surface area contributed by atoms with Crippen molar-refractivity contribution in [3.63, 3.8) is 0 Å². The normalized spacial score (nSPS) is 17.3. The summed E-state index contributed by atoms with van der Waals surface area (Å²) in [5, 5.41) is 1.83. The summed E-state index contributed by atoms with van der Waals surface area (Å²) in [7, 11) is 0. The summed E-state index contributed by atoms with van der Waals surface area (Å²) in [6, 6.07) is 13.1. The van der Waals surface area contributed by atoms with Crippen molar-refractivity contribution in [3.8, 4) is 5.69 Å². The van der Waals surface area contributed by atoms with Gasteiger partial charge in [0.15, 0.2) is 5.16 Å². The highest BCUT2D eigenvalue weighted by atomic mass is 35.5. The van der Waals surface area contributed by atoms with E-state index in [9.17, 15) is 4.79 Å². The standard InChI is InChI=1S/C21H21ClN2O2S/c1-14-6-2-3-8-19(14)24-20(25)17-10-9-15(22)12-18(17)23-21(24)27-13-16-7-4-5-11-26-16/h2-3,6,8-10,12,16H,4-5,7,11,13H2,1H3/t16-/m0/s1. The van der Waals surface area contributed by atoms with Gasteiger partial charge in [-0.15, -0.1) is 0 Å². The highest BCUT2D eigenvalue weighted by molar-refractivity contribution is 7.99. The third-order valence-corrected chi connectivity index (χ3v) is 6.13. The minimum Gasteiger partial charge on any atom is -0.377 e. The Kier molecular flexibility index (Phi) is 5.53. The van der Waals surface area contributed by atoms with Gasteiger partial charge in [-0.25, -0.2) is 4.98 Å². The number of hydrogen-bond acceptors (Lipinski definition) is 4. The van der Waals surface area contributed by atoms with Crippen LogP contribution in [0.5, 0.6) is 0 Å². The Balaban J connectivity index is 1.82. The number of halogens is 1. The van der Waals surface area contributed by atoms with Gasteiger partial charge in [0, 0.05) is 17.4 Å². The summed E-state index contributed by atoms with van der Waals surface area (Å²) in [5.41, 5.74) is 2.45. The number of para-hydroxylation sites is 1. The van der Waals surface area contributed by atoms with Gasteiger partial charge in [0.05, 0.1) is 22.7 Å². The van der Waals surface area contributed by atoms with E-state index in [1.165, 1.54) is 6.42 Å². The van der Waals surface area contributed by atoms with Gasteiger partial charge in [-0.3, -0.25) is 9.36 Å². The maximum absolute atomic E-state index is 13.3. The minimum absolute atomic E-state index is 0.0713. The van der Waals surface area contributed by atoms with Crippen LogP contribution in [0.25, 0.3) is 16.6 Å². The van der Waals surface area contributed by atoms with Crippen LogP contribution in [0.3, 0.4) is 0 Å². The van der Waals surface area contributed by atoms with Crippen LogP contribution in [0.1, 0.15) is 24.8 Å². The number of ether oxygens (including phenoxy) is 1. The van der Waals surface area contributed by atoms with Gasteiger partial charge in [0.2, 0.25) is 0 Å². The third-order valence-electron chi connectivity index (χ3n) is 4.83. The summed E-state index contributed by atoms with van der Waals surface area (Å²) in [6.07, 6.45) is 3.58. The van der Waals surface area contributed by atoms with Crippen molar-refractivity contribution in [1.29, 1.82) is 0 Å². The topological polar surface area (TPSA) is 44.1 Å². The fourth-order valence-electron chi connectivity index (χ4n) is 3.37. The molecule has 27 heavy (non-hydrogen) atoms. The molecule has 1 aromatic heterocycles. The van der Waals surface area contributed by atoms with Crippen LogP contribution in [-0.2, 0) is 4.74 Å². The lowest BCUT2D eigenvalue weighted by Gasteiger charge is -2.22. The Morgan fingerprint density at radius 3 is 2.89 bits per heavy atom. The highest BCUT2D eigenvalue weighted by Crippen LogP contribution is 2.27. The fraction of sp³-hybridized carbons (Fsp3) is 0.333. The van der Waals surface area contributed by atoms with E-state index in [-0.39, 0.29) is 11.7 Å². The molecule has 140 valence electrons. The minimum atomic E-state index is -0.0713. The second-order valence-electron chi connectivity index (χ2n) is 6.78. The van der Waals surface area contributed by atoms with Crippen LogP contribution < -0.4 is 5.56 Å².